The van der Waals surface area contributed by atoms with Crippen molar-refractivity contribution in [3.63, 3.8) is 0 Å². The van der Waals surface area contributed by atoms with Gasteiger partial charge in [0.1, 0.15) is 0 Å². The molecule has 0 fully saturated rings. The normalized spacial score (nSPS) is 13.0. The Hall–Kier alpha value is -0.0400. The third-order valence-electron chi connectivity index (χ3n) is 2.72. The van der Waals surface area contributed by atoms with Crippen molar-refractivity contribution in [2.45, 2.75) is 66.1 Å². The van der Waals surface area contributed by atoms with Crippen LogP contribution in [0.25, 0.3) is 0 Å². The standard InChI is InChI=1S/C11H24O/c1-7-11(8-2,9(3)4)12-10(5)6/h9-10H,7-8H2,1-6H3. The largest absolute Gasteiger partial charge is 0.372 e. The topological polar surface area (TPSA) is 9.23 Å². The Kier molecular flexibility index (Phi) is 4.84. The molecule has 0 rings (SSSR count). The molecule has 12 heavy (non-hydrogen) atoms. The molecule has 0 atom stereocenters. The van der Waals surface area contributed by atoms with Crippen LogP contribution in [0.3, 0.4) is 0 Å². The molecule has 0 aromatic carbocycles. The maximum atomic E-state index is 6.00. The zero-order valence-corrected chi connectivity index (χ0v) is 9.48. The molecule has 0 heterocycles. The molecule has 0 saturated carbocycles. The fourth-order valence-electron chi connectivity index (χ4n) is 1.84. The van der Waals surface area contributed by atoms with E-state index in [1.807, 2.05) is 0 Å². The lowest BCUT2D eigenvalue weighted by molar-refractivity contribution is -0.113. The fraction of sp³-hybridized carbons (Fsp3) is 1.00. The van der Waals surface area contributed by atoms with Crippen molar-refractivity contribution in [3.05, 3.63) is 0 Å². The molecule has 1 heteroatoms. The second-order valence-corrected chi connectivity index (χ2v) is 4.09. The van der Waals surface area contributed by atoms with Crippen molar-refractivity contribution in [1.82, 2.24) is 0 Å². The summed E-state index contributed by atoms with van der Waals surface area (Å²) in [6, 6.07) is 0. The highest BCUT2D eigenvalue weighted by Crippen LogP contribution is 2.30. The van der Waals surface area contributed by atoms with Crippen molar-refractivity contribution in [2.24, 2.45) is 5.92 Å². The predicted octanol–water partition coefficient (Wildman–Crippen LogP) is 3.63. The molecule has 0 N–H and O–H groups in total. The molecule has 0 saturated heterocycles. The zero-order valence-electron chi connectivity index (χ0n) is 9.48. The van der Waals surface area contributed by atoms with Gasteiger partial charge in [-0.05, 0) is 32.6 Å². The molecule has 0 radical (unpaired) electrons. The summed E-state index contributed by atoms with van der Waals surface area (Å²) in [4.78, 5) is 0. The molecule has 0 aliphatic rings. The smallest absolute Gasteiger partial charge is 0.0703 e. The van der Waals surface area contributed by atoms with E-state index in [1.54, 1.807) is 0 Å². The minimum atomic E-state index is 0.105. The van der Waals surface area contributed by atoms with Crippen molar-refractivity contribution in [1.29, 1.82) is 0 Å². The first-order chi connectivity index (χ1) is 5.48. The van der Waals surface area contributed by atoms with E-state index in [1.165, 1.54) is 0 Å². The lowest BCUT2D eigenvalue weighted by atomic mass is 9.85. The van der Waals surface area contributed by atoms with Crippen molar-refractivity contribution >= 4 is 0 Å². The van der Waals surface area contributed by atoms with E-state index in [4.69, 9.17) is 4.74 Å². The van der Waals surface area contributed by atoms with Gasteiger partial charge in [-0.15, -0.1) is 0 Å². The summed E-state index contributed by atoms with van der Waals surface area (Å²) in [7, 11) is 0. The molecule has 0 aliphatic heterocycles. The summed E-state index contributed by atoms with van der Waals surface area (Å²) in [6.07, 6.45) is 2.56. The molecule has 0 aromatic rings. The predicted molar refractivity (Wildman–Crippen MR) is 54.4 cm³/mol. The Morgan fingerprint density at radius 2 is 1.42 bits per heavy atom. The molecular weight excluding hydrogens is 148 g/mol. The minimum absolute atomic E-state index is 0.105. The molecule has 74 valence electrons. The van der Waals surface area contributed by atoms with Gasteiger partial charge in [0.05, 0.1) is 11.7 Å². The molecule has 0 amide bonds. The van der Waals surface area contributed by atoms with Gasteiger partial charge in [0, 0.05) is 0 Å². The second kappa shape index (κ2) is 4.86. The highest BCUT2D eigenvalue weighted by atomic mass is 16.5. The monoisotopic (exact) mass is 172 g/mol. The summed E-state index contributed by atoms with van der Waals surface area (Å²) in [5.41, 5.74) is 0.105. The van der Waals surface area contributed by atoms with Gasteiger partial charge in [0.15, 0.2) is 0 Å². The first-order valence-electron chi connectivity index (χ1n) is 5.16. The molecule has 0 unspecified atom stereocenters. The quantitative estimate of drug-likeness (QED) is 0.615. The van der Waals surface area contributed by atoms with Gasteiger partial charge in [-0.25, -0.2) is 0 Å². The molecule has 1 nitrogen and oxygen atoms in total. The number of rotatable bonds is 5. The maximum Gasteiger partial charge on any atom is 0.0703 e. The summed E-state index contributed by atoms with van der Waals surface area (Å²) in [6.45, 7) is 13.1. The van der Waals surface area contributed by atoms with Crippen LogP contribution in [-0.4, -0.2) is 11.7 Å². The third-order valence-corrected chi connectivity index (χ3v) is 2.72. The van der Waals surface area contributed by atoms with Gasteiger partial charge in [0.25, 0.3) is 0 Å². The molecule has 0 aromatic heterocycles. The first kappa shape index (κ1) is 12.0. The number of ether oxygens (including phenoxy) is 1. The van der Waals surface area contributed by atoms with Crippen LogP contribution in [-0.2, 0) is 4.74 Å². The lowest BCUT2D eigenvalue weighted by Crippen LogP contribution is -2.39. The van der Waals surface area contributed by atoms with E-state index in [-0.39, 0.29) is 5.60 Å². The fourth-order valence-corrected chi connectivity index (χ4v) is 1.84. The maximum absolute atomic E-state index is 6.00. The molecule has 0 bridgehead atoms. The van der Waals surface area contributed by atoms with E-state index in [0.29, 0.717) is 12.0 Å². The van der Waals surface area contributed by atoms with Crippen LogP contribution >= 0.6 is 0 Å². The molecule has 0 aliphatic carbocycles. The molecule has 0 spiro atoms. The van der Waals surface area contributed by atoms with Crippen LogP contribution in [0.1, 0.15) is 54.4 Å². The first-order valence-corrected chi connectivity index (χ1v) is 5.16. The Morgan fingerprint density at radius 1 is 1.00 bits per heavy atom. The van der Waals surface area contributed by atoms with Crippen molar-refractivity contribution < 1.29 is 4.74 Å². The summed E-state index contributed by atoms with van der Waals surface area (Å²) < 4.78 is 6.00. The number of hydrogen-bond acceptors (Lipinski definition) is 1. The second-order valence-electron chi connectivity index (χ2n) is 4.09. The van der Waals surface area contributed by atoms with Gasteiger partial charge in [0.2, 0.25) is 0 Å². The van der Waals surface area contributed by atoms with Crippen LogP contribution in [0.5, 0.6) is 0 Å². The van der Waals surface area contributed by atoms with E-state index in [0.717, 1.165) is 12.8 Å². The summed E-state index contributed by atoms with van der Waals surface area (Å²) >= 11 is 0. The SMILES string of the molecule is CCC(CC)(OC(C)C)C(C)C. The van der Waals surface area contributed by atoms with Gasteiger partial charge < -0.3 is 4.74 Å². The zero-order chi connectivity index (χ0) is 9.78. The Bertz CT molecular complexity index is 112. The number of hydrogen-bond donors (Lipinski definition) is 0. The minimum Gasteiger partial charge on any atom is -0.372 e. The third kappa shape index (κ3) is 2.78. The van der Waals surface area contributed by atoms with Crippen LogP contribution in [0.15, 0.2) is 0 Å². The van der Waals surface area contributed by atoms with E-state index in [9.17, 15) is 0 Å². The van der Waals surface area contributed by atoms with Crippen LogP contribution in [0, 0.1) is 5.92 Å². The van der Waals surface area contributed by atoms with Crippen LogP contribution in [0.2, 0.25) is 0 Å². The Labute approximate surface area is 77.5 Å². The van der Waals surface area contributed by atoms with Gasteiger partial charge in [-0.1, -0.05) is 27.7 Å². The Morgan fingerprint density at radius 3 is 1.50 bits per heavy atom. The van der Waals surface area contributed by atoms with Gasteiger partial charge in [-0.2, -0.15) is 0 Å². The van der Waals surface area contributed by atoms with Gasteiger partial charge in [-0.3, -0.25) is 0 Å². The average Bonchev–Trinajstić information content (AvgIpc) is 1.99. The van der Waals surface area contributed by atoms with Crippen molar-refractivity contribution in [3.8, 4) is 0 Å². The van der Waals surface area contributed by atoms with Crippen LogP contribution < -0.4 is 0 Å². The summed E-state index contributed by atoms with van der Waals surface area (Å²) in [5.74, 6) is 0.606. The van der Waals surface area contributed by atoms with Crippen LogP contribution in [0.4, 0.5) is 0 Å². The van der Waals surface area contributed by atoms with Gasteiger partial charge >= 0.3 is 0 Å². The molecular formula is C11H24O. The van der Waals surface area contributed by atoms with E-state index >= 15 is 0 Å². The summed E-state index contributed by atoms with van der Waals surface area (Å²) in [5, 5.41) is 0. The average molecular weight is 172 g/mol. The van der Waals surface area contributed by atoms with E-state index in [2.05, 4.69) is 41.5 Å². The Balaban J connectivity index is 4.35. The highest BCUT2D eigenvalue weighted by molar-refractivity contribution is 4.81. The lowest BCUT2D eigenvalue weighted by Gasteiger charge is -2.37. The van der Waals surface area contributed by atoms with E-state index < -0.39 is 0 Å². The highest BCUT2D eigenvalue weighted by Gasteiger charge is 2.31. The van der Waals surface area contributed by atoms with Crippen molar-refractivity contribution in [2.75, 3.05) is 0 Å².